The van der Waals surface area contributed by atoms with Gasteiger partial charge in [0.05, 0.1) is 4.90 Å². The molecule has 1 aliphatic heterocycles. The molecular formula is C19H22N2O3S2. The lowest BCUT2D eigenvalue weighted by Crippen LogP contribution is -2.50. The zero-order valence-corrected chi connectivity index (χ0v) is 16.5. The zero-order valence-electron chi connectivity index (χ0n) is 14.9. The third kappa shape index (κ3) is 4.06. The van der Waals surface area contributed by atoms with E-state index in [2.05, 4.69) is 0 Å². The van der Waals surface area contributed by atoms with E-state index in [-0.39, 0.29) is 5.91 Å². The van der Waals surface area contributed by atoms with Gasteiger partial charge in [0.2, 0.25) is 15.9 Å². The Morgan fingerprint density at radius 3 is 2.50 bits per heavy atom. The highest BCUT2D eigenvalue weighted by Gasteiger charge is 2.30. The van der Waals surface area contributed by atoms with E-state index in [1.165, 1.54) is 4.31 Å². The van der Waals surface area contributed by atoms with E-state index in [4.69, 9.17) is 0 Å². The number of hydrogen-bond donors (Lipinski definition) is 0. The number of benzene rings is 1. The molecule has 0 radical (unpaired) electrons. The summed E-state index contributed by atoms with van der Waals surface area (Å²) in [5.41, 5.74) is 1.66. The summed E-state index contributed by atoms with van der Waals surface area (Å²) in [5, 5.41) is 1.96. The van der Waals surface area contributed by atoms with Gasteiger partial charge in [-0.25, -0.2) is 8.42 Å². The van der Waals surface area contributed by atoms with Gasteiger partial charge < -0.3 is 4.90 Å². The van der Waals surface area contributed by atoms with Crippen LogP contribution in [0.4, 0.5) is 0 Å². The van der Waals surface area contributed by atoms with E-state index >= 15 is 0 Å². The van der Waals surface area contributed by atoms with Crippen LogP contribution in [0, 0.1) is 13.8 Å². The third-order valence-corrected chi connectivity index (χ3v) is 7.32. The quantitative estimate of drug-likeness (QED) is 0.755. The number of sulfonamides is 1. The fourth-order valence-corrected chi connectivity index (χ4v) is 5.27. The summed E-state index contributed by atoms with van der Waals surface area (Å²) in [7, 11) is -3.53. The molecule has 0 N–H and O–H groups in total. The van der Waals surface area contributed by atoms with E-state index in [1.54, 1.807) is 34.5 Å². The monoisotopic (exact) mass is 390 g/mol. The average Bonchev–Trinajstić information content (AvgIpc) is 3.15. The minimum Gasteiger partial charge on any atom is -0.337 e. The van der Waals surface area contributed by atoms with Gasteiger partial charge in [-0.1, -0.05) is 18.2 Å². The van der Waals surface area contributed by atoms with Crippen molar-refractivity contribution in [1.29, 1.82) is 0 Å². The minimum atomic E-state index is -3.53. The number of rotatable bonds is 4. The minimum absolute atomic E-state index is 0.0813. The molecule has 0 spiro atoms. The van der Waals surface area contributed by atoms with Gasteiger partial charge in [-0.15, -0.1) is 11.3 Å². The molecular weight excluding hydrogens is 368 g/mol. The second kappa shape index (κ2) is 7.73. The standard InChI is InChI=1S/C19H22N2O3S2/c1-15-5-6-16(2)18(14-15)26(23,24)21-11-9-20(10-12-21)19(22)8-7-17-4-3-13-25-17/h3-8,13-14H,9-12H2,1-2H3/b8-7+. The maximum atomic E-state index is 12.9. The first-order valence-corrected chi connectivity index (χ1v) is 10.8. The van der Waals surface area contributed by atoms with Crippen LogP contribution in [0.1, 0.15) is 16.0 Å². The molecule has 138 valence electrons. The molecule has 0 unspecified atom stereocenters. The summed E-state index contributed by atoms with van der Waals surface area (Å²) < 4.78 is 27.3. The molecule has 1 aliphatic rings. The summed E-state index contributed by atoms with van der Waals surface area (Å²) in [6.45, 7) is 5.12. The van der Waals surface area contributed by atoms with E-state index in [1.807, 2.05) is 43.5 Å². The number of carbonyl (C=O) groups excluding carboxylic acids is 1. The van der Waals surface area contributed by atoms with E-state index < -0.39 is 10.0 Å². The number of amides is 1. The Kier molecular flexibility index (Phi) is 5.60. The van der Waals surface area contributed by atoms with Crippen LogP contribution in [0.3, 0.4) is 0 Å². The molecule has 1 fully saturated rings. The van der Waals surface area contributed by atoms with Gasteiger partial charge in [0.1, 0.15) is 0 Å². The van der Waals surface area contributed by atoms with Gasteiger partial charge in [0.15, 0.2) is 0 Å². The molecule has 2 aromatic rings. The number of aryl methyl sites for hydroxylation is 2. The summed E-state index contributed by atoms with van der Waals surface area (Å²) in [6, 6.07) is 9.34. The van der Waals surface area contributed by atoms with E-state index in [0.29, 0.717) is 31.1 Å². The first-order valence-electron chi connectivity index (χ1n) is 8.46. The van der Waals surface area contributed by atoms with Gasteiger partial charge in [-0.2, -0.15) is 4.31 Å². The van der Waals surface area contributed by atoms with E-state index in [0.717, 1.165) is 16.0 Å². The molecule has 1 amide bonds. The van der Waals surface area contributed by atoms with Crippen LogP contribution < -0.4 is 0 Å². The molecule has 3 rings (SSSR count). The number of hydrogen-bond acceptors (Lipinski definition) is 4. The smallest absolute Gasteiger partial charge is 0.246 e. The molecule has 7 heteroatoms. The molecule has 1 saturated heterocycles. The van der Waals surface area contributed by atoms with Gasteiger partial charge >= 0.3 is 0 Å². The van der Waals surface area contributed by atoms with E-state index in [9.17, 15) is 13.2 Å². The van der Waals surface area contributed by atoms with Crippen molar-refractivity contribution in [3.8, 4) is 0 Å². The van der Waals surface area contributed by atoms with Crippen LogP contribution in [-0.4, -0.2) is 49.7 Å². The van der Waals surface area contributed by atoms with Crippen LogP contribution >= 0.6 is 11.3 Å². The van der Waals surface area contributed by atoms with Crippen LogP contribution in [0.2, 0.25) is 0 Å². The van der Waals surface area contributed by atoms with Crippen molar-refractivity contribution in [3.05, 3.63) is 57.8 Å². The van der Waals surface area contributed by atoms with Crippen molar-refractivity contribution in [2.75, 3.05) is 26.2 Å². The van der Waals surface area contributed by atoms with Crippen molar-refractivity contribution in [2.24, 2.45) is 0 Å². The van der Waals surface area contributed by atoms with Gasteiger partial charge in [0.25, 0.3) is 0 Å². The molecule has 1 aromatic heterocycles. The molecule has 26 heavy (non-hydrogen) atoms. The van der Waals surface area contributed by atoms with Crippen molar-refractivity contribution < 1.29 is 13.2 Å². The van der Waals surface area contributed by atoms with Gasteiger partial charge in [-0.3, -0.25) is 4.79 Å². The topological polar surface area (TPSA) is 57.7 Å². The highest BCUT2D eigenvalue weighted by molar-refractivity contribution is 7.89. The molecule has 2 heterocycles. The lowest BCUT2D eigenvalue weighted by molar-refractivity contribution is -0.127. The second-order valence-electron chi connectivity index (χ2n) is 6.35. The lowest BCUT2D eigenvalue weighted by Gasteiger charge is -2.33. The fourth-order valence-electron chi connectivity index (χ4n) is 2.92. The first kappa shape index (κ1) is 18.8. The number of piperazine rings is 1. The molecule has 0 atom stereocenters. The normalized spacial score (nSPS) is 16.3. The van der Waals surface area contributed by atoms with Gasteiger partial charge in [-0.05, 0) is 48.6 Å². The predicted octanol–water partition coefficient (Wildman–Crippen LogP) is 2.91. The van der Waals surface area contributed by atoms with Crippen LogP contribution in [0.15, 0.2) is 46.7 Å². The maximum absolute atomic E-state index is 12.9. The SMILES string of the molecule is Cc1ccc(C)c(S(=O)(=O)N2CCN(C(=O)/C=C/c3cccs3)CC2)c1. The highest BCUT2D eigenvalue weighted by Crippen LogP contribution is 2.22. The van der Waals surface area contributed by atoms with Crippen molar-refractivity contribution in [3.63, 3.8) is 0 Å². The molecule has 5 nitrogen and oxygen atoms in total. The van der Waals surface area contributed by atoms with Crippen LogP contribution in [0.25, 0.3) is 6.08 Å². The Hall–Kier alpha value is -1.96. The molecule has 1 aromatic carbocycles. The van der Waals surface area contributed by atoms with Crippen LogP contribution in [-0.2, 0) is 14.8 Å². The van der Waals surface area contributed by atoms with Crippen LogP contribution in [0.5, 0.6) is 0 Å². The number of carbonyl (C=O) groups is 1. The fraction of sp³-hybridized carbons (Fsp3) is 0.316. The number of nitrogens with zero attached hydrogens (tertiary/aromatic N) is 2. The summed E-state index contributed by atoms with van der Waals surface area (Å²) in [4.78, 5) is 15.4. The third-order valence-electron chi connectivity index (χ3n) is 4.45. The Balaban J connectivity index is 1.66. The summed E-state index contributed by atoms with van der Waals surface area (Å²) in [5.74, 6) is -0.0813. The Labute approximate surface area is 158 Å². The summed E-state index contributed by atoms with van der Waals surface area (Å²) in [6.07, 6.45) is 3.35. The lowest BCUT2D eigenvalue weighted by atomic mass is 10.2. The zero-order chi connectivity index (χ0) is 18.7. The first-order chi connectivity index (χ1) is 12.4. The molecule has 0 aliphatic carbocycles. The Morgan fingerprint density at radius 2 is 1.85 bits per heavy atom. The van der Waals surface area contributed by atoms with Crippen molar-refractivity contribution >= 4 is 33.3 Å². The molecule has 0 saturated carbocycles. The van der Waals surface area contributed by atoms with Crippen molar-refractivity contribution in [2.45, 2.75) is 18.7 Å². The second-order valence-corrected chi connectivity index (χ2v) is 9.23. The Bertz CT molecular complexity index is 910. The average molecular weight is 391 g/mol. The Morgan fingerprint density at radius 1 is 1.12 bits per heavy atom. The van der Waals surface area contributed by atoms with Gasteiger partial charge in [0, 0.05) is 37.1 Å². The number of thiophene rings is 1. The summed E-state index contributed by atoms with van der Waals surface area (Å²) >= 11 is 1.57. The van der Waals surface area contributed by atoms with Crippen molar-refractivity contribution in [1.82, 2.24) is 9.21 Å². The largest absolute Gasteiger partial charge is 0.337 e. The maximum Gasteiger partial charge on any atom is 0.246 e. The highest BCUT2D eigenvalue weighted by atomic mass is 32.2. The molecule has 0 bridgehead atoms. The predicted molar refractivity (Wildman–Crippen MR) is 105 cm³/mol.